The molecule has 0 aliphatic rings. The summed E-state index contributed by atoms with van der Waals surface area (Å²) >= 11 is 0. The molecule has 15 heavy (non-hydrogen) atoms. The van der Waals surface area contributed by atoms with Crippen LogP contribution in [0, 0.1) is 0 Å². The zero-order chi connectivity index (χ0) is 11.8. The van der Waals surface area contributed by atoms with Gasteiger partial charge in [-0.2, -0.15) is 0 Å². The number of carbonyl (C=O) groups is 2. The highest BCUT2D eigenvalue weighted by atomic mass is 16.5. The maximum Gasteiger partial charge on any atom is 0.354 e. The Balaban J connectivity index is 4.48. The van der Waals surface area contributed by atoms with Crippen molar-refractivity contribution in [3.8, 4) is 0 Å². The molecule has 0 radical (unpaired) electrons. The first-order chi connectivity index (χ1) is 7.01. The van der Waals surface area contributed by atoms with Crippen molar-refractivity contribution < 1.29 is 14.3 Å². The number of hydrogen-bond acceptors (Lipinski definition) is 4. The number of carbonyl (C=O) groups excluding carboxylic acids is 2. The zero-order valence-corrected chi connectivity index (χ0v) is 9.59. The zero-order valence-electron chi connectivity index (χ0n) is 9.59. The van der Waals surface area contributed by atoms with Crippen molar-refractivity contribution in [2.24, 2.45) is 0 Å². The van der Waals surface area contributed by atoms with E-state index in [4.69, 9.17) is 4.74 Å². The predicted octanol–water partition coefficient (Wildman–Crippen LogP) is 1.54. The van der Waals surface area contributed by atoms with E-state index in [-0.39, 0.29) is 5.78 Å². The quantitative estimate of drug-likeness (QED) is 0.553. The van der Waals surface area contributed by atoms with E-state index >= 15 is 0 Å². The maximum absolute atomic E-state index is 11.3. The molecule has 0 unspecified atom stereocenters. The third-order valence-corrected chi connectivity index (χ3v) is 1.54. The Morgan fingerprint density at radius 3 is 2.33 bits per heavy atom. The molecule has 4 heteroatoms. The van der Waals surface area contributed by atoms with E-state index in [1.165, 1.54) is 13.0 Å². The minimum absolute atomic E-state index is 0.0701. The van der Waals surface area contributed by atoms with Crippen LogP contribution in [0.4, 0.5) is 0 Å². The van der Waals surface area contributed by atoms with Crippen molar-refractivity contribution in [1.29, 1.82) is 0 Å². The number of esters is 1. The molecule has 0 rings (SSSR count). The molecule has 0 aliphatic carbocycles. The standard InChI is InChI=1S/C11H17NO3/c1-5-10(11(14)15-6-2)12-8(3)7-9(4)13/h5,7,12H,6H2,1-4H3/b8-7-,10-5?. The van der Waals surface area contributed by atoms with Gasteiger partial charge in [-0.25, -0.2) is 4.79 Å². The second kappa shape index (κ2) is 6.81. The molecule has 0 fully saturated rings. The number of hydrogen-bond donors (Lipinski definition) is 1. The fourth-order valence-electron chi connectivity index (χ4n) is 1.00. The summed E-state index contributed by atoms with van der Waals surface area (Å²) in [7, 11) is 0. The van der Waals surface area contributed by atoms with Crippen LogP contribution in [0.3, 0.4) is 0 Å². The SMILES string of the molecule is CC=C(N/C(C)=C\C(C)=O)C(=O)OCC. The normalized spacial score (nSPS) is 12.3. The molecule has 0 atom stereocenters. The Kier molecular flexibility index (Phi) is 6.09. The van der Waals surface area contributed by atoms with Crippen molar-refractivity contribution in [3.05, 3.63) is 23.5 Å². The second-order valence-electron chi connectivity index (χ2n) is 2.99. The van der Waals surface area contributed by atoms with Crippen LogP contribution < -0.4 is 5.32 Å². The van der Waals surface area contributed by atoms with Gasteiger partial charge in [-0.15, -0.1) is 0 Å². The summed E-state index contributed by atoms with van der Waals surface area (Å²) in [5.74, 6) is -0.490. The summed E-state index contributed by atoms with van der Waals surface area (Å²) in [5.41, 5.74) is 0.954. The Morgan fingerprint density at radius 2 is 1.93 bits per heavy atom. The van der Waals surface area contributed by atoms with Crippen LogP contribution in [0.1, 0.15) is 27.7 Å². The Morgan fingerprint density at radius 1 is 1.33 bits per heavy atom. The number of allylic oxidation sites excluding steroid dienone is 3. The molecule has 0 spiro atoms. The first kappa shape index (κ1) is 13.4. The summed E-state index contributed by atoms with van der Waals surface area (Å²) in [4.78, 5) is 22.1. The van der Waals surface area contributed by atoms with Gasteiger partial charge in [0.05, 0.1) is 6.61 Å². The lowest BCUT2D eigenvalue weighted by Gasteiger charge is -2.09. The first-order valence-corrected chi connectivity index (χ1v) is 4.80. The molecule has 0 bridgehead atoms. The smallest absolute Gasteiger partial charge is 0.354 e. The van der Waals surface area contributed by atoms with Crippen LogP contribution in [0.5, 0.6) is 0 Å². The third-order valence-electron chi connectivity index (χ3n) is 1.54. The van der Waals surface area contributed by atoms with Crippen LogP contribution in [-0.2, 0) is 14.3 Å². The van der Waals surface area contributed by atoms with E-state index in [0.29, 0.717) is 18.0 Å². The van der Waals surface area contributed by atoms with E-state index in [0.717, 1.165) is 0 Å². The second-order valence-corrected chi connectivity index (χ2v) is 2.99. The monoisotopic (exact) mass is 211 g/mol. The molecule has 84 valence electrons. The molecular weight excluding hydrogens is 194 g/mol. The first-order valence-electron chi connectivity index (χ1n) is 4.80. The average Bonchev–Trinajstić information content (AvgIpc) is 2.13. The number of ether oxygens (including phenoxy) is 1. The van der Waals surface area contributed by atoms with Crippen LogP contribution in [0.2, 0.25) is 0 Å². The van der Waals surface area contributed by atoms with Crippen LogP contribution in [-0.4, -0.2) is 18.4 Å². The van der Waals surface area contributed by atoms with Gasteiger partial charge >= 0.3 is 5.97 Å². The van der Waals surface area contributed by atoms with E-state index in [2.05, 4.69) is 5.32 Å². The third kappa shape index (κ3) is 5.67. The maximum atomic E-state index is 11.3. The molecule has 0 saturated carbocycles. The molecule has 0 aromatic heterocycles. The van der Waals surface area contributed by atoms with Gasteiger partial charge in [0.2, 0.25) is 0 Å². The molecule has 0 heterocycles. The molecule has 0 aliphatic heterocycles. The van der Waals surface area contributed by atoms with E-state index < -0.39 is 5.97 Å². The van der Waals surface area contributed by atoms with Gasteiger partial charge in [-0.05, 0) is 33.8 Å². The van der Waals surface area contributed by atoms with Gasteiger partial charge in [0.1, 0.15) is 5.70 Å². The summed E-state index contributed by atoms with van der Waals surface area (Å²) in [6.07, 6.45) is 3.03. The van der Waals surface area contributed by atoms with E-state index in [9.17, 15) is 9.59 Å². The summed E-state index contributed by atoms with van der Waals surface area (Å²) in [6.45, 7) is 6.95. The van der Waals surface area contributed by atoms with E-state index in [1.54, 1.807) is 26.8 Å². The minimum Gasteiger partial charge on any atom is -0.461 e. The van der Waals surface area contributed by atoms with Gasteiger partial charge in [0.15, 0.2) is 5.78 Å². The van der Waals surface area contributed by atoms with Crippen molar-refractivity contribution in [2.45, 2.75) is 27.7 Å². The average molecular weight is 211 g/mol. The van der Waals surface area contributed by atoms with Crippen LogP contribution in [0.15, 0.2) is 23.5 Å². The van der Waals surface area contributed by atoms with Crippen LogP contribution in [0.25, 0.3) is 0 Å². The lowest BCUT2D eigenvalue weighted by molar-refractivity contribution is -0.138. The van der Waals surface area contributed by atoms with E-state index in [1.807, 2.05) is 0 Å². The number of nitrogens with one attached hydrogen (secondary N) is 1. The van der Waals surface area contributed by atoms with Gasteiger partial charge in [-0.3, -0.25) is 4.79 Å². The van der Waals surface area contributed by atoms with Gasteiger partial charge in [-0.1, -0.05) is 6.08 Å². The number of ketones is 1. The topological polar surface area (TPSA) is 55.4 Å². The van der Waals surface area contributed by atoms with Gasteiger partial charge in [0, 0.05) is 5.70 Å². The van der Waals surface area contributed by atoms with Gasteiger partial charge < -0.3 is 10.1 Å². The highest BCUT2D eigenvalue weighted by Gasteiger charge is 2.08. The molecule has 4 nitrogen and oxygen atoms in total. The molecular formula is C11H17NO3. The summed E-state index contributed by atoms with van der Waals surface area (Å²) in [6, 6.07) is 0. The van der Waals surface area contributed by atoms with Crippen molar-refractivity contribution >= 4 is 11.8 Å². The molecule has 0 amide bonds. The minimum atomic E-state index is -0.420. The Labute approximate surface area is 90.0 Å². The highest BCUT2D eigenvalue weighted by Crippen LogP contribution is 1.98. The molecule has 0 aromatic rings. The van der Waals surface area contributed by atoms with Crippen LogP contribution >= 0.6 is 0 Å². The largest absolute Gasteiger partial charge is 0.461 e. The fraction of sp³-hybridized carbons (Fsp3) is 0.455. The predicted molar refractivity (Wildman–Crippen MR) is 58.0 cm³/mol. The Hall–Kier alpha value is -1.58. The number of rotatable bonds is 5. The van der Waals surface area contributed by atoms with Crippen molar-refractivity contribution in [2.75, 3.05) is 6.61 Å². The van der Waals surface area contributed by atoms with Crippen molar-refractivity contribution in [3.63, 3.8) is 0 Å². The summed E-state index contributed by atoms with van der Waals surface area (Å²) < 4.78 is 4.82. The lowest BCUT2D eigenvalue weighted by Crippen LogP contribution is -2.21. The Bertz CT molecular complexity index is 303. The van der Waals surface area contributed by atoms with Gasteiger partial charge in [0.25, 0.3) is 0 Å². The highest BCUT2D eigenvalue weighted by molar-refractivity contribution is 5.90. The molecule has 0 aromatic carbocycles. The lowest BCUT2D eigenvalue weighted by atomic mass is 10.3. The molecule has 0 saturated heterocycles. The molecule has 1 N–H and O–H groups in total. The fourth-order valence-corrected chi connectivity index (χ4v) is 1.00. The summed E-state index contributed by atoms with van der Waals surface area (Å²) in [5, 5.41) is 2.81. The van der Waals surface area contributed by atoms with Crippen molar-refractivity contribution in [1.82, 2.24) is 5.32 Å².